The van der Waals surface area contributed by atoms with Crippen molar-refractivity contribution >= 4 is 28.9 Å². The third kappa shape index (κ3) is 2.40. The molecule has 2 N–H and O–H groups in total. The first-order chi connectivity index (χ1) is 8.58. The lowest BCUT2D eigenvalue weighted by molar-refractivity contribution is -0.384. The van der Waals surface area contributed by atoms with Gasteiger partial charge in [-0.25, -0.2) is 0 Å². The van der Waals surface area contributed by atoms with Gasteiger partial charge in [0.15, 0.2) is 0 Å². The SMILES string of the molecule is O=C(Nc1ccc([N+](=O)[O-])c(Cl)c1)c1nn[nH]n1. The second-order valence-corrected chi connectivity index (χ2v) is 3.52. The zero-order valence-electron chi connectivity index (χ0n) is 8.62. The highest BCUT2D eigenvalue weighted by Gasteiger charge is 2.15. The Labute approximate surface area is 104 Å². The van der Waals surface area contributed by atoms with Crippen molar-refractivity contribution in [3.05, 3.63) is 39.2 Å². The normalized spacial score (nSPS) is 10.1. The summed E-state index contributed by atoms with van der Waals surface area (Å²) in [4.78, 5) is 21.5. The maximum absolute atomic E-state index is 11.5. The van der Waals surface area contributed by atoms with E-state index >= 15 is 0 Å². The molecule has 0 spiro atoms. The molecule has 0 saturated heterocycles. The Morgan fingerprint density at radius 3 is 2.83 bits per heavy atom. The largest absolute Gasteiger partial charge is 0.319 e. The van der Waals surface area contributed by atoms with Crippen molar-refractivity contribution in [3.8, 4) is 0 Å². The van der Waals surface area contributed by atoms with Gasteiger partial charge in [-0.3, -0.25) is 14.9 Å². The van der Waals surface area contributed by atoms with E-state index in [0.29, 0.717) is 5.69 Å². The molecule has 1 aromatic carbocycles. The van der Waals surface area contributed by atoms with Gasteiger partial charge in [0.05, 0.1) is 4.92 Å². The molecule has 0 aliphatic carbocycles. The van der Waals surface area contributed by atoms with Crippen LogP contribution in [0.3, 0.4) is 0 Å². The molecule has 92 valence electrons. The first kappa shape index (κ1) is 11.9. The van der Waals surface area contributed by atoms with E-state index in [1.54, 1.807) is 0 Å². The minimum atomic E-state index is -0.618. The first-order valence-corrected chi connectivity index (χ1v) is 4.94. The molecule has 0 radical (unpaired) electrons. The molecule has 18 heavy (non-hydrogen) atoms. The Morgan fingerprint density at radius 1 is 1.50 bits per heavy atom. The molecule has 0 atom stereocenters. The Bertz CT molecular complexity index is 599. The van der Waals surface area contributed by atoms with Crippen LogP contribution >= 0.6 is 11.6 Å². The van der Waals surface area contributed by atoms with Gasteiger partial charge in [0.25, 0.3) is 17.4 Å². The number of nitrogens with zero attached hydrogens (tertiary/aromatic N) is 4. The average molecular weight is 269 g/mol. The number of benzene rings is 1. The monoisotopic (exact) mass is 268 g/mol. The van der Waals surface area contributed by atoms with Crippen molar-refractivity contribution in [3.63, 3.8) is 0 Å². The van der Waals surface area contributed by atoms with E-state index in [1.807, 2.05) is 0 Å². The van der Waals surface area contributed by atoms with Crippen molar-refractivity contribution in [2.75, 3.05) is 5.32 Å². The van der Waals surface area contributed by atoms with Gasteiger partial charge in [0, 0.05) is 11.8 Å². The molecule has 10 heteroatoms. The summed E-state index contributed by atoms with van der Waals surface area (Å²) in [5.41, 5.74) is 0.0506. The van der Waals surface area contributed by atoms with Crippen molar-refractivity contribution in [2.24, 2.45) is 0 Å². The number of hydrogen-bond acceptors (Lipinski definition) is 6. The lowest BCUT2D eigenvalue weighted by Crippen LogP contribution is -2.13. The van der Waals surface area contributed by atoms with E-state index in [2.05, 4.69) is 25.9 Å². The molecule has 1 aromatic heterocycles. The second-order valence-electron chi connectivity index (χ2n) is 3.11. The van der Waals surface area contributed by atoms with Crippen molar-refractivity contribution in [2.45, 2.75) is 0 Å². The van der Waals surface area contributed by atoms with Crippen molar-refractivity contribution < 1.29 is 9.72 Å². The number of tetrazole rings is 1. The summed E-state index contributed by atoms with van der Waals surface area (Å²) in [6, 6.07) is 3.80. The third-order valence-electron chi connectivity index (χ3n) is 1.95. The third-order valence-corrected chi connectivity index (χ3v) is 2.25. The van der Waals surface area contributed by atoms with Crippen molar-refractivity contribution in [1.29, 1.82) is 0 Å². The van der Waals surface area contributed by atoms with E-state index in [9.17, 15) is 14.9 Å². The number of carbonyl (C=O) groups is 1. The predicted octanol–water partition coefficient (Wildman–Crippen LogP) is 1.01. The van der Waals surface area contributed by atoms with Crippen LogP contribution in [0, 0.1) is 10.1 Å². The van der Waals surface area contributed by atoms with Crippen LogP contribution in [-0.2, 0) is 0 Å². The quantitative estimate of drug-likeness (QED) is 0.632. The summed E-state index contributed by atoms with van der Waals surface area (Å²) in [5.74, 6) is -0.752. The summed E-state index contributed by atoms with van der Waals surface area (Å²) in [7, 11) is 0. The van der Waals surface area contributed by atoms with E-state index in [0.717, 1.165) is 0 Å². The highest BCUT2D eigenvalue weighted by atomic mass is 35.5. The number of nitro benzene ring substituents is 1. The minimum absolute atomic E-state index is 0.0779. The molecule has 9 nitrogen and oxygen atoms in total. The molecule has 1 amide bonds. The average Bonchev–Trinajstić information content (AvgIpc) is 2.81. The first-order valence-electron chi connectivity index (χ1n) is 4.56. The predicted molar refractivity (Wildman–Crippen MR) is 60.2 cm³/mol. The van der Waals surface area contributed by atoms with E-state index in [-0.39, 0.29) is 16.5 Å². The van der Waals surface area contributed by atoms with Gasteiger partial charge in [-0.05, 0) is 17.3 Å². The fraction of sp³-hybridized carbons (Fsp3) is 0. The lowest BCUT2D eigenvalue weighted by atomic mass is 10.3. The number of aromatic amines is 1. The second kappa shape index (κ2) is 4.75. The number of anilines is 1. The lowest BCUT2D eigenvalue weighted by Gasteiger charge is -2.02. The number of amides is 1. The standard InChI is InChI=1S/C8H5ClN6O3/c9-5-3-4(1-2-6(5)15(17)18)10-8(16)7-11-13-14-12-7/h1-3H,(H,10,16)(H,11,12,13,14). The van der Waals surface area contributed by atoms with E-state index in [1.165, 1.54) is 18.2 Å². The van der Waals surface area contributed by atoms with Crippen LogP contribution in [0.2, 0.25) is 5.02 Å². The molecule has 2 aromatic rings. The molecular formula is C8H5ClN6O3. The van der Waals surface area contributed by atoms with Gasteiger partial charge in [0.1, 0.15) is 5.02 Å². The van der Waals surface area contributed by atoms with Crippen LogP contribution in [0.5, 0.6) is 0 Å². The van der Waals surface area contributed by atoms with Crippen LogP contribution in [0.25, 0.3) is 0 Å². The van der Waals surface area contributed by atoms with Gasteiger partial charge in [-0.1, -0.05) is 11.6 Å². The molecule has 0 aliphatic heterocycles. The molecule has 0 aliphatic rings. The number of aromatic nitrogens is 4. The Morgan fingerprint density at radius 2 is 2.28 bits per heavy atom. The minimum Gasteiger partial charge on any atom is -0.319 e. The number of hydrogen-bond donors (Lipinski definition) is 2. The highest BCUT2D eigenvalue weighted by molar-refractivity contribution is 6.33. The zero-order chi connectivity index (χ0) is 13.1. The van der Waals surface area contributed by atoms with Crippen molar-refractivity contribution in [1.82, 2.24) is 20.6 Å². The Kier molecular flexibility index (Phi) is 3.15. The summed E-state index contributed by atoms with van der Waals surface area (Å²) in [5, 5.41) is 25.2. The Hall–Kier alpha value is -2.55. The molecule has 1 heterocycles. The van der Waals surface area contributed by atoms with Crippen LogP contribution in [0.1, 0.15) is 10.6 Å². The van der Waals surface area contributed by atoms with Gasteiger partial charge >= 0.3 is 0 Å². The number of H-pyrrole nitrogens is 1. The summed E-state index contributed by atoms with van der Waals surface area (Å²) < 4.78 is 0. The summed E-state index contributed by atoms with van der Waals surface area (Å²) in [6.45, 7) is 0. The number of nitrogens with one attached hydrogen (secondary N) is 2. The summed E-state index contributed by atoms with van der Waals surface area (Å²) >= 11 is 5.69. The molecule has 0 fully saturated rings. The van der Waals surface area contributed by atoms with Crippen LogP contribution in [-0.4, -0.2) is 31.5 Å². The maximum Gasteiger partial charge on any atom is 0.297 e. The molecular weight excluding hydrogens is 264 g/mol. The van der Waals surface area contributed by atoms with Gasteiger partial charge in [-0.2, -0.15) is 5.21 Å². The fourth-order valence-electron chi connectivity index (χ4n) is 1.18. The zero-order valence-corrected chi connectivity index (χ0v) is 9.38. The Balaban J connectivity index is 2.18. The molecule has 2 rings (SSSR count). The summed E-state index contributed by atoms with van der Waals surface area (Å²) in [6.07, 6.45) is 0. The smallest absolute Gasteiger partial charge is 0.297 e. The van der Waals surface area contributed by atoms with Crippen LogP contribution < -0.4 is 5.32 Å². The van der Waals surface area contributed by atoms with E-state index < -0.39 is 10.8 Å². The van der Waals surface area contributed by atoms with Crippen LogP contribution in [0.4, 0.5) is 11.4 Å². The number of rotatable bonds is 3. The van der Waals surface area contributed by atoms with Gasteiger partial charge < -0.3 is 5.32 Å². The molecule has 0 saturated carbocycles. The number of halogens is 1. The van der Waals surface area contributed by atoms with E-state index in [4.69, 9.17) is 11.6 Å². The number of carbonyl (C=O) groups excluding carboxylic acids is 1. The maximum atomic E-state index is 11.5. The highest BCUT2D eigenvalue weighted by Crippen LogP contribution is 2.27. The van der Waals surface area contributed by atoms with Crippen LogP contribution in [0.15, 0.2) is 18.2 Å². The number of nitro groups is 1. The topological polar surface area (TPSA) is 127 Å². The molecule has 0 bridgehead atoms. The van der Waals surface area contributed by atoms with Gasteiger partial charge in [-0.15, -0.1) is 10.2 Å². The fourth-order valence-corrected chi connectivity index (χ4v) is 1.43. The van der Waals surface area contributed by atoms with Gasteiger partial charge in [0.2, 0.25) is 0 Å². The molecule has 0 unspecified atom stereocenters.